The molecule has 1 aliphatic rings. The summed E-state index contributed by atoms with van der Waals surface area (Å²) in [7, 11) is -2.19. The molecule has 0 spiro atoms. The van der Waals surface area contributed by atoms with E-state index in [0.717, 1.165) is 0 Å². The van der Waals surface area contributed by atoms with Crippen LogP contribution in [-0.2, 0) is 23.1 Å². The van der Waals surface area contributed by atoms with E-state index in [1.54, 1.807) is 30.5 Å². The van der Waals surface area contributed by atoms with Gasteiger partial charge in [-0.05, 0) is 37.1 Å². The SMILES string of the molecule is COc1cc(C)c(S(=O)(=O)N2CCn3cc(C(=O)O)nc3C2)c(C)c1. The summed E-state index contributed by atoms with van der Waals surface area (Å²) >= 11 is 0. The van der Waals surface area contributed by atoms with Crippen molar-refractivity contribution in [3.8, 4) is 5.75 Å². The third-order valence-electron chi connectivity index (χ3n) is 4.25. The summed E-state index contributed by atoms with van der Waals surface area (Å²) in [6, 6.07) is 3.38. The van der Waals surface area contributed by atoms with Crippen LogP contribution in [-0.4, -0.2) is 47.0 Å². The Morgan fingerprint density at radius 2 is 1.88 bits per heavy atom. The summed E-state index contributed by atoms with van der Waals surface area (Å²) in [5.74, 6) is -0.0940. The van der Waals surface area contributed by atoms with Crippen LogP contribution in [0, 0.1) is 13.8 Å². The highest BCUT2D eigenvalue weighted by molar-refractivity contribution is 7.89. The van der Waals surface area contributed by atoms with Gasteiger partial charge in [0.15, 0.2) is 5.69 Å². The molecule has 1 N–H and O–H groups in total. The zero-order valence-electron chi connectivity index (χ0n) is 14.2. The molecule has 0 saturated carbocycles. The predicted octanol–water partition coefficient (Wildman–Crippen LogP) is 1.41. The van der Waals surface area contributed by atoms with Gasteiger partial charge in [-0.1, -0.05) is 0 Å². The zero-order valence-corrected chi connectivity index (χ0v) is 15.0. The fourth-order valence-corrected chi connectivity index (χ4v) is 4.90. The van der Waals surface area contributed by atoms with E-state index in [0.29, 0.717) is 29.2 Å². The lowest BCUT2D eigenvalue weighted by atomic mass is 10.1. The number of fused-ring (bicyclic) bond motifs is 1. The van der Waals surface area contributed by atoms with Crippen molar-refractivity contribution in [1.82, 2.24) is 13.9 Å². The van der Waals surface area contributed by atoms with Gasteiger partial charge in [-0.25, -0.2) is 18.2 Å². The first-order valence-electron chi connectivity index (χ1n) is 7.68. The molecule has 0 bridgehead atoms. The Labute approximate surface area is 145 Å². The Kier molecular flexibility index (Phi) is 4.29. The number of aryl methyl sites for hydroxylation is 2. The van der Waals surface area contributed by atoms with Crippen LogP contribution in [0.5, 0.6) is 5.75 Å². The van der Waals surface area contributed by atoms with Crippen LogP contribution >= 0.6 is 0 Å². The Bertz CT molecular complexity index is 926. The number of nitrogens with zero attached hydrogens (tertiary/aromatic N) is 3. The van der Waals surface area contributed by atoms with Crippen molar-refractivity contribution < 1.29 is 23.1 Å². The summed E-state index contributed by atoms with van der Waals surface area (Å²) in [4.78, 5) is 15.3. The van der Waals surface area contributed by atoms with Gasteiger partial charge < -0.3 is 14.4 Å². The second-order valence-corrected chi connectivity index (χ2v) is 7.84. The number of hydrogen-bond acceptors (Lipinski definition) is 5. The highest BCUT2D eigenvalue weighted by Gasteiger charge is 2.32. The minimum Gasteiger partial charge on any atom is -0.497 e. The molecule has 3 rings (SSSR count). The minimum absolute atomic E-state index is 0.0422. The van der Waals surface area contributed by atoms with Gasteiger partial charge in [0.2, 0.25) is 10.0 Å². The molecule has 0 saturated heterocycles. The molecule has 0 fully saturated rings. The number of rotatable bonds is 4. The van der Waals surface area contributed by atoms with Crippen LogP contribution in [0.1, 0.15) is 27.4 Å². The molecule has 0 unspecified atom stereocenters. The van der Waals surface area contributed by atoms with E-state index in [4.69, 9.17) is 9.84 Å². The average molecular weight is 365 g/mol. The number of methoxy groups -OCH3 is 1. The smallest absolute Gasteiger partial charge is 0.356 e. The van der Waals surface area contributed by atoms with Crippen LogP contribution < -0.4 is 4.74 Å². The Hall–Kier alpha value is -2.39. The van der Waals surface area contributed by atoms with Gasteiger partial charge in [0.25, 0.3) is 0 Å². The number of imidazole rings is 1. The number of carboxylic acids is 1. The van der Waals surface area contributed by atoms with Crippen molar-refractivity contribution in [3.63, 3.8) is 0 Å². The van der Waals surface area contributed by atoms with Gasteiger partial charge in [0, 0.05) is 19.3 Å². The van der Waals surface area contributed by atoms with Gasteiger partial charge in [-0.15, -0.1) is 0 Å². The van der Waals surface area contributed by atoms with Crippen molar-refractivity contribution in [2.75, 3.05) is 13.7 Å². The maximum absolute atomic E-state index is 13.1. The standard InChI is InChI=1S/C16H19N3O5S/c1-10-6-12(24-3)7-11(2)15(10)25(22,23)19-5-4-18-8-13(16(20)21)17-14(18)9-19/h6-8H,4-5,9H2,1-3H3,(H,20,21). The largest absolute Gasteiger partial charge is 0.497 e. The predicted molar refractivity (Wildman–Crippen MR) is 89.3 cm³/mol. The number of carbonyl (C=O) groups is 1. The average Bonchev–Trinajstić information content (AvgIpc) is 2.97. The van der Waals surface area contributed by atoms with Crippen LogP contribution in [0.3, 0.4) is 0 Å². The molecule has 0 amide bonds. The van der Waals surface area contributed by atoms with Crippen molar-refractivity contribution in [2.45, 2.75) is 31.8 Å². The highest BCUT2D eigenvalue weighted by Crippen LogP contribution is 2.30. The lowest BCUT2D eigenvalue weighted by Gasteiger charge is -2.28. The van der Waals surface area contributed by atoms with Gasteiger partial charge in [-0.2, -0.15) is 4.31 Å². The maximum Gasteiger partial charge on any atom is 0.356 e. The number of sulfonamides is 1. The van der Waals surface area contributed by atoms with E-state index in [9.17, 15) is 13.2 Å². The third-order valence-corrected chi connectivity index (χ3v) is 6.41. The second kappa shape index (κ2) is 6.16. The molecule has 8 nitrogen and oxygen atoms in total. The summed E-state index contributed by atoms with van der Waals surface area (Å²) < 4.78 is 34.4. The maximum atomic E-state index is 13.1. The first kappa shape index (κ1) is 17.4. The monoisotopic (exact) mass is 365 g/mol. The quantitative estimate of drug-likeness (QED) is 0.879. The van der Waals surface area contributed by atoms with E-state index in [2.05, 4.69) is 4.98 Å². The fraction of sp³-hybridized carbons (Fsp3) is 0.375. The van der Waals surface area contributed by atoms with Crippen molar-refractivity contribution >= 4 is 16.0 Å². The summed E-state index contributed by atoms with van der Waals surface area (Å²) in [6.07, 6.45) is 1.44. The van der Waals surface area contributed by atoms with Gasteiger partial charge in [0.05, 0.1) is 18.6 Å². The van der Waals surface area contributed by atoms with E-state index in [1.807, 2.05) is 0 Å². The molecule has 1 aromatic heterocycles. The third kappa shape index (κ3) is 3.00. The fourth-order valence-electron chi connectivity index (χ4n) is 3.10. The van der Waals surface area contributed by atoms with Crippen molar-refractivity contribution in [3.05, 3.63) is 41.0 Å². The van der Waals surface area contributed by atoms with Gasteiger partial charge >= 0.3 is 5.97 Å². The van der Waals surface area contributed by atoms with Crippen molar-refractivity contribution in [2.24, 2.45) is 0 Å². The topological polar surface area (TPSA) is 102 Å². The van der Waals surface area contributed by atoms with E-state index in [1.165, 1.54) is 17.6 Å². The molecular formula is C16H19N3O5S. The van der Waals surface area contributed by atoms with Gasteiger partial charge in [-0.3, -0.25) is 0 Å². The van der Waals surface area contributed by atoms with Crippen LogP contribution in [0.4, 0.5) is 0 Å². The summed E-state index contributed by atoms with van der Waals surface area (Å²) in [5.41, 5.74) is 1.14. The number of carboxylic acid groups (broad SMARTS) is 1. The van der Waals surface area contributed by atoms with E-state index in [-0.39, 0.29) is 23.7 Å². The highest BCUT2D eigenvalue weighted by atomic mass is 32.2. The number of aromatic nitrogens is 2. The summed E-state index contributed by atoms with van der Waals surface area (Å²) in [6.45, 7) is 4.13. The first-order valence-corrected chi connectivity index (χ1v) is 9.12. The zero-order chi connectivity index (χ0) is 18.4. The molecule has 0 atom stereocenters. The lowest BCUT2D eigenvalue weighted by Crippen LogP contribution is -2.38. The number of aromatic carboxylic acids is 1. The Balaban J connectivity index is 1.98. The summed E-state index contributed by atoms with van der Waals surface area (Å²) in [5, 5.41) is 9.04. The van der Waals surface area contributed by atoms with Crippen molar-refractivity contribution in [1.29, 1.82) is 0 Å². The number of benzene rings is 1. The molecule has 134 valence electrons. The number of hydrogen-bond donors (Lipinski definition) is 1. The molecule has 9 heteroatoms. The molecule has 1 aliphatic heterocycles. The van der Waals surface area contributed by atoms with Crippen LogP contribution in [0.15, 0.2) is 23.2 Å². The first-order chi connectivity index (χ1) is 11.7. The minimum atomic E-state index is -3.73. The lowest BCUT2D eigenvalue weighted by molar-refractivity contribution is 0.0691. The molecule has 1 aromatic carbocycles. The Morgan fingerprint density at radius 1 is 1.24 bits per heavy atom. The van der Waals surface area contributed by atoms with Crippen LogP contribution in [0.2, 0.25) is 0 Å². The molecule has 2 heterocycles. The Morgan fingerprint density at radius 3 is 2.44 bits per heavy atom. The molecule has 2 aromatic rings. The number of ether oxygens (including phenoxy) is 1. The normalized spacial score (nSPS) is 15.0. The van der Waals surface area contributed by atoms with E-state index >= 15 is 0 Å². The molecule has 25 heavy (non-hydrogen) atoms. The van der Waals surface area contributed by atoms with Crippen LogP contribution in [0.25, 0.3) is 0 Å². The molecule has 0 aliphatic carbocycles. The molecule has 0 radical (unpaired) electrons. The van der Waals surface area contributed by atoms with E-state index < -0.39 is 16.0 Å². The second-order valence-electron chi connectivity index (χ2n) is 5.97. The van der Waals surface area contributed by atoms with Gasteiger partial charge in [0.1, 0.15) is 11.6 Å². The molecular weight excluding hydrogens is 346 g/mol.